The zero-order chi connectivity index (χ0) is 16.1. The molecule has 0 aliphatic rings. The van der Waals surface area contributed by atoms with Crippen LogP contribution in [0, 0.1) is 11.8 Å². The molecule has 22 heavy (non-hydrogen) atoms. The van der Waals surface area contributed by atoms with Crippen molar-refractivity contribution in [1.29, 1.82) is 0 Å². The van der Waals surface area contributed by atoms with Crippen molar-refractivity contribution in [2.24, 2.45) is 11.8 Å². The van der Waals surface area contributed by atoms with Crippen LogP contribution in [0.1, 0.15) is 47.2 Å². The summed E-state index contributed by atoms with van der Waals surface area (Å²) >= 11 is 0. The molecule has 1 unspecified atom stereocenters. The molecule has 2 rings (SSSR count). The van der Waals surface area contributed by atoms with Crippen LogP contribution in [0.15, 0.2) is 48.7 Å². The van der Waals surface area contributed by atoms with E-state index in [-0.39, 0.29) is 23.4 Å². The smallest absolute Gasteiger partial charge is 0.184 e. The van der Waals surface area contributed by atoms with Crippen LogP contribution in [0.3, 0.4) is 0 Å². The van der Waals surface area contributed by atoms with Gasteiger partial charge in [-0.1, -0.05) is 45.0 Å². The first-order chi connectivity index (χ1) is 10.5. The Morgan fingerprint density at radius 2 is 1.77 bits per heavy atom. The first-order valence-electron chi connectivity index (χ1n) is 7.57. The summed E-state index contributed by atoms with van der Waals surface area (Å²) in [7, 11) is 0. The number of rotatable bonds is 6. The van der Waals surface area contributed by atoms with Crippen LogP contribution in [0.2, 0.25) is 0 Å². The number of carbonyl (C=O) groups excluding carboxylic acids is 2. The van der Waals surface area contributed by atoms with E-state index in [2.05, 4.69) is 4.98 Å². The third kappa shape index (κ3) is 3.88. The Morgan fingerprint density at radius 1 is 1.00 bits per heavy atom. The molecule has 1 atom stereocenters. The summed E-state index contributed by atoms with van der Waals surface area (Å²) in [4.78, 5) is 28.5. The highest BCUT2D eigenvalue weighted by molar-refractivity contribution is 5.98. The van der Waals surface area contributed by atoms with E-state index in [1.807, 2.05) is 51.1 Å². The van der Waals surface area contributed by atoms with Crippen LogP contribution in [0.5, 0.6) is 0 Å². The third-order valence-electron chi connectivity index (χ3n) is 3.64. The molecule has 0 fully saturated rings. The van der Waals surface area contributed by atoms with Crippen molar-refractivity contribution in [1.82, 2.24) is 4.98 Å². The van der Waals surface area contributed by atoms with Gasteiger partial charge in [0, 0.05) is 23.6 Å². The van der Waals surface area contributed by atoms with Gasteiger partial charge in [0.05, 0.1) is 0 Å². The van der Waals surface area contributed by atoms with E-state index >= 15 is 0 Å². The Balaban J connectivity index is 2.12. The molecule has 0 aliphatic carbocycles. The zero-order valence-electron chi connectivity index (χ0n) is 13.2. The standard InChI is InChI=1S/C19H21NO2/c1-13(2)18(21)16-8-6-7-15(12-16)11-14(3)19(22)17-9-4-5-10-20-17/h4-10,12-14H,11H2,1-3H3. The molecule has 114 valence electrons. The number of aromatic nitrogens is 1. The van der Waals surface area contributed by atoms with E-state index < -0.39 is 0 Å². The maximum atomic E-state index is 12.3. The quantitative estimate of drug-likeness (QED) is 0.757. The van der Waals surface area contributed by atoms with Gasteiger partial charge in [-0.2, -0.15) is 0 Å². The highest BCUT2D eigenvalue weighted by atomic mass is 16.1. The minimum absolute atomic E-state index is 0.0252. The Bertz CT molecular complexity index is 662. The fourth-order valence-corrected chi connectivity index (χ4v) is 2.39. The topological polar surface area (TPSA) is 47.0 Å². The van der Waals surface area contributed by atoms with Crippen molar-refractivity contribution in [2.45, 2.75) is 27.2 Å². The zero-order valence-corrected chi connectivity index (χ0v) is 13.2. The summed E-state index contributed by atoms with van der Waals surface area (Å²) in [5.41, 5.74) is 2.21. The van der Waals surface area contributed by atoms with Crippen LogP contribution < -0.4 is 0 Å². The van der Waals surface area contributed by atoms with Crippen LogP contribution in [0.25, 0.3) is 0 Å². The highest BCUT2D eigenvalue weighted by Crippen LogP contribution is 2.16. The molecule has 0 bridgehead atoms. The predicted molar refractivity (Wildman–Crippen MR) is 87.0 cm³/mol. The van der Waals surface area contributed by atoms with E-state index in [4.69, 9.17) is 0 Å². The van der Waals surface area contributed by atoms with Crippen molar-refractivity contribution >= 4 is 11.6 Å². The number of nitrogens with zero attached hydrogens (tertiary/aromatic N) is 1. The Kier molecular flexibility index (Phi) is 5.21. The third-order valence-corrected chi connectivity index (χ3v) is 3.64. The van der Waals surface area contributed by atoms with Crippen LogP contribution >= 0.6 is 0 Å². The van der Waals surface area contributed by atoms with Gasteiger partial charge in [-0.25, -0.2) is 0 Å². The minimum atomic E-state index is -0.167. The second-order valence-electron chi connectivity index (χ2n) is 5.90. The fraction of sp³-hybridized carbons (Fsp3) is 0.316. The summed E-state index contributed by atoms with van der Waals surface area (Å²) in [5, 5.41) is 0. The molecule has 2 aromatic rings. The molecule has 3 nitrogen and oxygen atoms in total. The summed E-state index contributed by atoms with van der Waals surface area (Å²) in [5.74, 6) is -0.0335. The van der Waals surface area contributed by atoms with Gasteiger partial charge in [0.2, 0.25) is 0 Å². The first-order valence-corrected chi connectivity index (χ1v) is 7.57. The van der Waals surface area contributed by atoms with Crippen molar-refractivity contribution in [2.75, 3.05) is 0 Å². The van der Waals surface area contributed by atoms with Gasteiger partial charge < -0.3 is 0 Å². The van der Waals surface area contributed by atoms with E-state index in [0.29, 0.717) is 17.7 Å². The molecule has 1 heterocycles. The Morgan fingerprint density at radius 3 is 2.41 bits per heavy atom. The lowest BCUT2D eigenvalue weighted by atomic mass is 9.92. The van der Waals surface area contributed by atoms with Gasteiger partial charge in [0.25, 0.3) is 0 Å². The predicted octanol–water partition coefficient (Wildman–Crippen LogP) is 3.98. The summed E-state index contributed by atoms with van der Waals surface area (Å²) < 4.78 is 0. The van der Waals surface area contributed by atoms with Crippen molar-refractivity contribution in [3.05, 3.63) is 65.5 Å². The molecule has 0 aliphatic heterocycles. The van der Waals surface area contributed by atoms with Gasteiger partial charge in [-0.3, -0.25) is 14.6 Å². The summed E-state index contributed by atoms with van der Waals surface area (Å²) in [6.45, 7) is 5.68. The summed E-state index contributed by atoms with van der Waals surface area (Å²) in [6, 6.07) is 12.9. The number of carbonyl (C=O) groups is 2. The minimum Gasteiger partial charge on any atom is -0.294 e. The monoisotopic (exact) mass is 295 g/mol. The molecule has 1 aromatic heterocycles. The number of hydrogen-bond acceptors (Lipinski definition) is 3. The molecular weight excluding hydrogens is 274 g/mol. The fourth-order valence-electron chi connectivity index (χ4n) is 2.39. The average Bonchev–Trinajstić information content (AvgIpc) is 2.54. The normalized spacial score (nSPS) is 12.2. The van der Waals surface area contributed by atoms with Gasteiger partial charge in [-0.05, 0) is 30.2 Å². The largest absolute Gasteiger partial charge is 0.294 e. The molecule has 3 heteroatoms. The molecule has 0 saturated carbocycles. The van der Waals surface area contributed by atoms with Crippen LogP contribution in [-0.2, 0) is 6.42 Å². The molecule has 0 amide bonds. The van der Waals surface area contributed by atoms with E-state index in [9.17, 15) is 9.59 Å². The Labute approximate surface area is 131 Å². The van der Waals surface area contributed by atoms with Gasteiger partial charge in [-0.15, -0.1) is 0 Å². The van der Waals surface area contributed by atoms with Crippen molar-refractivity contribution < 1.29 is 9.59 Å². The van der Waals surface area contributed by atoms with Crippen molar-refractivity contribution in [3.63, 3.8) is 0 Å². The number of benzene rings is 1. The van der Waals surface area contributed by atoms with Gasteiger partial charge >= 0.3 is 0 Å². The lowest BCUT2D eigenvalue weighted by Crippen LogP contribution is -2.15. The van der Waals surface area contributed by atoms with E-state index in [0.717, 1.165) is 5.56 Å². The molecule has 0 radical (unpaired) electrons. The number of pyridine rings is 1. The molecule has 0 N–H and O–H groups in total. The average molecular weight is 295 g/mol. The molecule has 1 aromatic carbocycles. The molecule has 0 spiro atoms. The highest BCUT2D eigenvalue weighted by Gasteiger charge is 2.17. The lowest BCUT2D eigenvalue weighted by Gasteiger charge is -2.11. The van der Waals surface area contributed by atoms with E-state index in [1.165, 1.54) is 0 Å². The molecule has 0 saturated heterocycles. The first kappa shape index (κ1) is 16.1. The van der Waals surface area contributed by atoms with Crippen molar-refractivity contribution in [3.8, 4) is 0 Å². The Hall–Kier alpha value is -2.29. The van der Waals surface area contributed by atoms with E-state index in [1.54, 1.807) is 18.3 Å². The van der Waals surface area contributed by atoms with Gasteiger partial charge in [0.1, 0.15) is 5.69 Å². The van der Waals surface area contributed by atoms with Gasteiger partial charge in [0.15, 0.2) is 11.6 Å². The summed E-state index contributed by atoms with van der Waals surface area (Å²) in [6.07, 6.45) is 2.23. The maximum absolute atomic E-state index is 12.3. The SMILES string of the molecule is CC(C)C(=O)c1cccc(CC(C)C(=O)c2ccccn2)c1. The maximum Gasteiger partial charge on any atom is 0.184 e. The molecular formula is C19H21NO2. The van der Waals surface area contributed by atoms with Crippen LogP contribution in [-0.4, -0.2) is 16.6 Å². The number of hydrogen-bond donors (Lipinski definition) is 0. The number of Topliss-reactive ketones (excluding diaryl/α,β-unsaturated/α-hetero) is 2. The second-order valence-corrected chi connectivity index (χ2v) is 5.90. The lowest BCUT2D eigenvalue weighted by molar-refractivity contribution is 0.0923. The number of ketones is 2. The van der Waals surface area contributed by atoms with Crippen LogP contribution in [0.4, 0.5) is 0 Å². The second kappa shape index (κ2) is 7.12.